The van der Waals surface area contributed by atoms with Gasteiger partial charge in [-0.3, -0.25) is 43.8 Å². The van der Waals surface area contributed by atoms with Gasteiger partial charge in [0.05, 0.1) is 22.4 Å². The maximum Gasteiger partial charge on any atom is 0.301 e. The van der Waals surface area contributed by atoms with Crippen LogP contribution in [-0.4, -0.2) is 127 Å². The number of ether oxygens (including phenoxy) is 1. The summed E-state index contributed by atoms with van der Waals surface area (Å²) in [5.41, 5.74) is 1.16. The van der Waals surface area contributed by atoms with Crippen LogP contribution in [0.2, 0.25) is 0 Å². The predicted molar refractivity (Wildman–Crippen MR) is 222 cm³/mol. The molecular formula is C43H39F3N8O8S. The number of aromatic amines is 1. The molecule has 3 aromatic carbocycles. The second-order valence-corrected chi connectivity index (χ2v) is 17.3. The monoisotopic (exact) mass is 884 g/mol. The van der Waals surface area contributed by atoms with Crippen molar-refractivity contribution in [2.45, 2.75) is 31.5 Å². The summed E-state index contributed by atoms with van der Waals surface area (Å²) < 4.78 is 78.9. The van der Waals surface area contributed by atoms with Crippen LogP contribution in [0.15, 0.2) is 73.1 Å². The third kappa shape index (κ3) is 8.00. The quantitative estimate of drug-likeness (QED) is 0.121. The molecule has 3 fully saturated rings. The molecule has 4 aliphatic heterocycles. The maximum atomic E-state index is 15.7. The minimum atomic E-state index is -4.37. The lowest BCUT2D eigenvalue weighted by atomic mass is 10.00. The summed E-state index contributed by atoms with van der Waals surface area (Å²) in [6.07, 6.45) is 1.62. The van der Waals surface area contributed by atoms with Crippen LogP contribution in [0.5, 0.6) is 5.75 Å². The van der Waals surface area contributed by atoms with Gasteiger partial charge in [-0.2, -0.15) is 12.7 Å². The molecule has 9 rings (SSSR count). The number of carbonyl (C=O) groups is 5. The molecule has 0 aliphatic carbocycles. The molecule has 4 amide bonds. The minimum Gasteiger partial charge on any atom is -0.492 e. The Balaban J connectivity index is 0.797. The first kappa shape index (κ1) is 41.7. The Morgan fingerprint density at radius 1 is 0.889 bits per heavy atom. The number of rotatable bonds is 12. The Morgan fingerprint density at radius 2 is 1.65 bits per heavy atom. The van der Waals surface area contributed by atoms with Crippen molar-refractivity contribution in [3.63, 3.8) is 0 Å². The number of imide groups is 2. The number of benzene rings is 3. The fourth-order valence-electron chi connectivity index (χ4n) is 8.35. The summed E-state index contributed by atoms with van der Waals surface area (Å²) in [6, 6.07) is 14.6. The summed E-state index contributed by atoms with van der Waals surface area (Å²) >= 11 is 0. The zero-order valence-corrected chi connectivity index (χ0v) is 34.2. The molecule has 1 unspecified atom stereocenters. The molecule has 5 aromatic rings. The van der Waals surface area contributed by atoms with Crippen molar-refractivity contribution in [1.29, 1.82) is 0 Å². The molecule has 326 valence electrons. The molecule has 3 saturated heterocycles. The van der Waals surface area contributed by atoms with E-state index in [1.807, 2.05) is 16.9 Å². The molecule has 63 heavy (non-hydrogen) atoms. The number of nitrogens with one attached hydrogen (secondary N) is 3. The van der Waals surface area contributed by atoms with Crippen LogP contribution >= 0.6 is 0 Å². The summed E-state index contributed by atoms with van der Waals surface area (Å²) in [5, 5.41) is 2.49. The van der Waals surface area contributed by atoms with Gasteiger partial charge in [0.25, 0.3) is 11.8 Å². The first-order chi connectivity index (χ1) is 30.3. The molecule has 0 spiro atoms. The average molecular weight is 885 g/mol. The Bertz CT molecular complexity index is 2810. The molecule has 20 heteroatoms. The van der Waals surface area contributed by atoms with Crippen molar-refractivity contribution in [3.05, 3.63) is 107 Å². The lowest BCUT2D eigenvalue weighted by Gasteiger charge is -2.36. The number of ketones is 1. The smallest absolute Gasteiger partial charge is 0.301 e. The third-order valence-electron chi connectivity index (χ3n) is 11.8. The van der Waals surface area contributed by atoms with Crippen molar-refractivity contribution >= 4 is 62.0 Å². The van der Waals surface area contributed by atoms with E-state index in [2.05, 4.69) is 25.1 Å². The zero-order chi connectivity index (χ0) is 44.2. The number of hydrogen-bond acceptors (Lipinski definition) is 11. The van der Waals surface area contributed by atoms with Gasteiger partial charge in [0.15, 0.2) is 5.82 Å². The van der Waals surface area contributed by atoms with Gasteiger partial charge in [0.1, 0.15) is 36.0 Å². The van der Waals surface area contributed by atoms with Crippen LogP contribution in [0.25, 0.3) is 22.2 Å². The fraction of sp³-hybridized carbons (Fsp3) is 0.302. The van der Waals surface area contributed by atoms with E-state index >= 15 is 8.78 Å². The van der Waals surface area contributed by atoms with Gasteiger partial charge in [-0.15, -0.1) is 0 Å². The number of anilines is 2. The van der Waals surface area contributed by atoms with Crippen LogP contribution in [0, 0.1) is 11.6 Å². The Hall–Kier alpha value is -6.64. The molecule has 6 heterocycles. The second-order valence-electron chi connectivity index (χ2n) is 15.7. The normalized spacial score (nSPS) is 19.8. The highest BCUT2D eigenvalue weighted by molar-refractivity contribution is 7.90. The standard InChI is InChI=1S/C43H39F3N8O8S/c44-26-11-12-53(23-26)63(60,61)50-34-8-7-33(45)37(38(34)46)39(56)32-22-48-40-30(32)19-25(21-47-40)24-1-4-28(5-2-24)62-18-17-51-13-15-52(16-14-51)27-3-6-29-31(20-27)43(59)54(42(29)58)35-9-10-36(55)49-41(35)57/h1-8,19-22,26,35,50H,9-18,23H2,(H,47,48)(H,49,55,57)/t26-,35?/m1/s1. The van der Waals surface area contributed by atoms with Gasteiger partial charge in [-0.05, 0) is 66.9 Å². The molecule has 0 saturated carbocycles. The maximum absolute atomic E-state index is 15.7. The molecule has 3 N–H and O–H groups in total. The number of piperazine rings is 1. The van der Waals surface area contributed by atoms with E-state index in [1.54, 1.807) is 42.6 Å². The van der Waals surface area contributed by atoms with Gasteiger partial charge in [0.2, 0.25) is 17.6 Å². The number of hydrogen-bond donors (Lipinski definition) is 3. The number of aromatic nitrogens is 2. The van der Waals surface area contributed by atoms with E-state index in [0.717, 1.165) is 45.7 Å². The fourth-order valence-corrected chi connectivity index (χ4v) is 9.62. The summed E-state index contributed by atoms with van der Waals surface area (Å²) in [4.78, 5) is 76.7. The van der Waals surface area contributed by atoms with Crippen molar-refractivity contribution in [2.75, 3.05) is 62.0 Å². The highest BCUT2D eigenvalue weighted by Crippen LogP contribution is 2.33. The number of H-pyrrole nitrogens is 1. The molecule has 4 aliphatic rings. The number of piperidine rings is 1. The van der Waals surface area contributed by atoms with Gasteiger partial charge in [-0.25, -0.2) is 18.2 Å². The van der Waals surface area contributed by atoms with E-state index in [-0.39, 0.29) is 53.5 Å². The number of fused-ring (bicyclic) bond motifs is 2. The van der Waals surface area contributed by atoms with Crippen LogP contribution < -0.4 is 19.7 Å². The minimum absolute atomic E-state index is 0.0109. The third-order valence-corrected chi connectivity index (χ3v) is 13.3. The number of pyridine rings is 1. The van der Waals surface area contributed by atoms with E-state index in [4.69, 9.17) is 4.74 Å². The zero-order valence-electron chi connectivity index (χ0n) is 33.4. The SMILES string of the molecule is O=C1CCC(N2C(=O)c3ccc(N4CCN(CCOc5ccc(-c6cnc7[nH]cc(C(=O)c8c(F)ccc(NS(=O)(=O)N9CC[C@@H](F)C9)c8F)c7c6)cc5)CC4)cc3C2=O)C(=O)N1. The molecule has 16 nitrogen and oxygen atoms in total. The van der Waals surface area contributed by atoms with Gasteiger partial charge in [-0.1, -0.05) is 12.1 Å². The number of halogens is 3. The summed E-state index contributed by atoms with van der Waals surface area (Å²) in [6.45, 7) is 3.31. The Morgan fingerprint density at radius 3 is 2.38 bits per heavy atom. The predicted octanol–water partition coefficient (Wildman–Crippen LogP) is 4.04. The molecule has 0 radical (unpaired) electrons. The van der Waals surface area contributed by atoms with Crippen LogP contribution in [-0.2, 0) is 19.8 Å². The number of nitrogens with zero attached hydrogens (tertiary/aromatic N) is 5. The van der Waals surface area contributed by atoms with Crippen LogP contribution in [0.4, 0.5) is 24.5 Å². The van der Waals surface area contributed by atoms with Crippen LogP contribution in [0.3, 0.4) is 0 Å². The van der Waals surface area contributed by atoms with Gasteiger partial charge < -0.3 is 14.6 Å². The highest BCUT2D eigenvalue weighted by atomic mass is 32.2. The lowest BCUT2D eigenvalue weighted by molar-refractivity contribution is -0.136. The first-order valence-corrected chi connectivity index (χ1v) is 21.7. The van der Waals surface area contributed by atoms with Crippen molar-refractivity contribution in [1.82, 2.24) is 29.4 Å². The molecule has 2 atom stereocenters. The van der Waals surface area contributed by atoms with Crippen molar-refractivity contribution in [2.24, 2.45) is 0 Å². The highest BCUT2D eigenvalue weighted by Gasteiger charge is 2.45. The summed E-state index contributed by atoms with van der Waals surface area (Å²) in [7, 11) is -4.37. The van der Waals surface area contributed by atoms with Crippen LogP contribution in [0.1, 0.15) is 55.9 Å². The Labute approximate surface area is 358 Å². The molecule has 0 bridgehead atoms. The number of carbonyl (C=O) groups excluding carboxylic acids is 5. The van der Waals surface area contributed by atoms with Crippen molar-refractivity contribution in [3.8, 4) is 16.9 Å². The van der Waals surface area contributed by atoms with Gasteiger partial charge in [0, 0.05) is 86.8 Å². The molecule has 2 aromatic heterocycles. The van der Waals surface area contributed by atoms with E-state index in [1.165, 1.54) is 6.20 Å². The van der Waals surface area contributed by atoms with E-state index in [9.17, 15) is 36.8 Å². The second kappa shape index (κ2) is 16.6. The first-order valence-electron chi connectivity index (χ1n) is 20.2. The number of amides is 4. The summed E-state index contributed by atoms with van der Waals surface area (Å²) in [5.74, 6) is -5.20. The topological polar surface area (TPSA) is 194 Å². The largest absolute Gasteiger partial charge is 0.492 e. The lowest BCUT2D eigenvalue weighted by Crippen LogP contribution is -2.54. The van der Waals surface area contributed by atoms with E-state index in [0.29, 0.717) is 37.6 Å². The van der Waals surface area contributed by atoms with Crippen molar-refractivity contribution < 1.29 is 50.3 Å². The Kier molecular flexibility index (Phi) is 11.0. The van der Waals surface area contributed by atoms with E-state index < -0.39 is 81.3 Å². The average Bonchev–Trinajstić information content (AvgIpc) is 3.98. The number of alkyl halides is 1. The molecular weight excluding hydrogens is 846 g/mol. The van der Waals surface area contributed by atoms with Gasteiger partial charge >= 0.3 is 10.2 Å².